The first-order valence-corrected chi connectivity index (χ1v) is 12.7. The van der Waals surface area contributed by atoms with Crippen LogP contribution < -0.4 is 0 Å². The number of carbonyl (C=O) groups is 2. The van der Waals surface area contributed by atoms with Gasteiger partial charge in [-0.1, -0.05) is 35.9 Å². The highest BCUT2D eigenvalue weighted by Gasteiger charge is 2.34. The van der Waals surface area contributed by atoms with Crippen molar-refractivity contribution in [1.82, 2.24) is 9.80 Å². The van der Waals surface area contributed by atoms with Crippen LogP contribution in [0.2, 0.25) is 5.02 Å². The summed E-state index contributed by atoms with van der Waals surface area (Å²) in [5, 5.41) is 2.67. The fourth-order valence-corrected chi connectivity index (χ4v) is 5.53. The zero-order chi connectivity index (χ0) is 24.1. The molecule has 178 valence electrons. The van der Waals surface area contributed by atoms with Gasteiger partial charge in [-0.25, -0.2) is 0 Å². The summed E-state index contributed by atoms with van der Waals surface area (Å²) in [6, 6.07) is 17.0. The highest BCUT2D eigenvalue weighted by Crippen LogP contribution is 2.39. The molecule has 2 heterocycles. The molecule has 0 radical (unpaired) electrons. The van der Waals surface area contributed by atoms with Gasteiger partial charge in [-0.15, -0.1) is 11.3 Å². The lowest BCUT2D eigenvalue weighted by Crippen LogP contribution is -2.47. The Morgan fingerprint density at radius 2 is 1.88 bits per heavy atom. The van der Waals surface area contributed by atoms with Gasteiger partial charge in [0, 0.05) is 42.3 Å². The zero-order valence-corrected chi connectivity index (χ0v) is 21.1. The van der Waals surface area contributed by atoms with Crippen molar-refractivity contribution in [2.24, 2.45) is 0 Å². The van der Waals surface area contributed by atoms with Crippen molar-refractivity contribution in [1.29, 1.82) is 0 Å². The van der Waals surface area contributed by atoms with Crippen LogP contribution in [0.15, 0.2) is 60.0 Å². The van der Waals surface area contributed by atoms with Crippen molar-refractivity contribution in [3.05, 3.63) is 92.1 Å². The number of ether oxygens (including phenoxy) is 1. The predicted molar refractivity (Wildman–Crippen MR) is 137 cm³/mol. The van der Waals surface area contributed by atoms with Gasteiger partial charge in [0.25, 0.3) is 5.91 Å². The number of rotatable bonds is 8. The molecule has 1 aliphatic rings. The first-order valence-electron chi connectivity index (χ1n) is 11.4. The van der Waals surface area contributed by atoms with Crippen LogP contribution in [0, 0.1) is 6.92 Å². The number of aryl methyl sites for hydroxylation is 1. The summed E-state index contributed by atoms with van der Waals surface area (Å²) in [5.74, 6) is -0.230. The maximum absolute atomic E-state index is 13.7. The van der Waals surface area contributed by atoms with Gasteiger partial charge in [0.15, 0.2) is 0 Å². The predicted octanol–water partition coefficient (Wildman–Crippen LogP) is 5.36. The number of benzene rings is 2. The van der Waals surface area contributed by atoms with Crippen LogP contribution in [0.25, 0.3) is 0 Å². The Kier molecular flexibility index (Phi) is 8.03. The number of methoxy groups -OCH3 is 1. The van der Waals surface area contributed by atoms with E-state index < -0.39 is 0 Å². The quantitative estimate of drug-likeness (QED) is 0.394. The Balaban J connectivity index is 1.61. The lowest BCUT2D eigenvalue weighted by Gasteiger charge is -2.38. The van der Waals surface area contributed by atoms with Gasteiger partial charge in [0.05, 0.1) is 6.04 Å². The van der Waals surface area contributed by atoms with Gasteiger partial charge in [-0.2, -0.15) is 0 Å². The average Bonchev–Trinajstić information content (AvgIpc) is 3.32. The number of nitrogens with zero attached hydrogens (tertiary/aromatic N) is 2. The molecule has 0 aliphatic carbocycles. The first-order chi connectivity index (χ1) is 16.5. The third-order valence-corrected chi connectivity index (χ3v) is 7.50. The Bertz CT molecular complexity index is 1140. The molecule has 1 unspecified atom stereocenters. The number of thiophene rings is 1. The second kappa shape index (κ2) is 11.2. The highest BCUT2D eigenvalue weighted by molar-refractivity contribution is 7.10. The Hall–Kier alpha value is -2.67. The molecule has 0 spiro atoms. The normalized spacial score (nSPS) is 15.1. The minimum absolute atomic E-state index is 0.0209. The van der Waals surface area contributed by atoms with E-state index in [9.17, 15) is 9.59 Å². The third kappa shape index (κ3) is 5.35. The van der Waals surface area contributed by atoms with E-state index in [1.807, 2.05) is 17.0 Å². The Morgan fingerprint density at radius 3 is 2.62 bits per heavy atom. The topological polar surface area (TPSA) is 49.9 Å². The molecule has 1 aliphatic heterocycles. The Labute approximate surface area is 209 Å². The molecule has 0 fully saturated rings. The molecule has 2 aromatic carbocycles. The van der Waals surface area contributed by atoms with Crippen molar-refractivity contribution in [3.8, 4) is 0 Å². The van der Waals surface area contributed by atoms with Gasteiger partial charge in [-0.3, -0.25) is 9.59 Å². The molecule has 1 aromatic heterocycles. The summed E-state index contributed by atoms with van der Waals surface area (Å²) >= 11 is 7.75. The van der Waals surface area contributed by atoms with Crippen molar-refractivity contribution in [2.45, 2.75) is 25.8 Å². The molecule has 0 saturated heterocycles. The molecular formula is C27H29ClN2O3S. The maximum atomic E-state index is 13.7. The molecular weight excluding hydrogens is 468 g/mol. The van der Waals surface area contributed by atoms with Gasteiger partial charge in [0.2, 0.25) is 5.91 Å². The second-order valence-corrected chi connectivity index (χ2v) is 9.91. The molecule has 0 N–H and O–H groups in total. The highest BCUT2D eigenvalue weighted by atomic mass is 35.5. The third-order valence-electron chi connectivity index (χ3n) is 6.25. The summed E-state index contributed by atoms with van der Waals surface area (Å²) in [6.45, 7) is 3.69. The van der Waals surface area contributed by atoms with E-state index in [2.05, 4.69) is 30.5 Å². The molecule has 1 atom stereocenters. The van der Waals surface area contributed by atoms with E-state index >= 15 is 0 Å². The van der Waals surface area contributed by atoms with Crippen molar-refractivity contribution >= 4 is 34.8 Å². The van der Waals surface area contributed by atoms with Crippen molar-refractivity contribution < 1.29 is 14.3 Å². The van der Waals surface area contributed by atoms with Crippen LogP contribution in [-0.4, -0.2) is 55.0 Å². The van der Waals surface area contributed by atoms with E-state index in [-0.39, 0.29) is 24.4 Å². The first kappa shape index (κ1) is 24.5. The van der Waals surface area contributed by atoms with Gasteiger partial charge >= 0.3 is 0 Å². The van der Waals surface area contributed by atoms with Crippen LogP contribution in [0.5, 0.6) is 0 Å². The smallest absolute Gasteiger partial charge is 0.254 e. The molecule has 2 amide bonds. The van der Waals surface area contributed by atoms with Crippen LogP contribution >= 0.6 is 22.9 Å². The lowest BCUT2D eigenvalue weighted by atomic mass is 9.90. The largest absolute Gasteiger partial charge is 0.385 e. The standard InChI is InChI=1S/C27H29ClN2O3S/c1-19-6-3-4-7-22(19)26-23-13-17-34-24(23)12-15-30(26)25(31)18-29(14-5-16-33-2)27(32)20-8-10-21(28)11-9-20/h3-4,6-11,13,17,26H,5,12,14-16,18H2,1-2H3. The van der Waals surface area contributed by atoms with Crippen molar-refractivity contribution in [2.75, 3.05) is 33.4 Å². The van der Waals surface area contributed by atoms with Gasteiger partial charge in [0.1, 0.15) is 6.54 Å². The molecule has 0 bridgehead atoms. The number of hydrogen-bond acceptors (Lipinski definition) is 4. The maximum Gasteiger partial charge on any atom is 0.254 e. The summed E-state index contributed by atoms with van der Waals surface area (Å²) < 4.78 is 5.18. The summed E-state index contributed by atoms with van der Waals surface area (Å²) in [5.41, 5.74) is 3.99. The van der Waals surface area contributed by atoms with Gasteiger partial charge < -0.3 is 14.5 Å². The number of amides is 2. The monoisotopic (exact) mass is 496 g/mol. The second-order valence-electron chi connectivity index (χ2n) is 8.48. The Morgan fingerprint density at radius 1 is 1.12 bits per heavy atom. The van der Waals surface area contributed by atoms with E-state index in [4.69, 9.17) is 16.3 Å². The SMILES string of the molecule is COCCCN(CC(=O)N1CCc2sccc2C1c1ccccc1C)C(=O)c1ccc(Cl)cc1. The molecule has 34 heavy (non-hydrogen) atoms. The van der Waals surface area contributed by atoms with Crippen LogP contribution in [0.4, 0.5) is 0 Å². The summed E-state index contributed by atoms with van der Waals surface area (Å²) in [6.07, 6.45) is 1.48. The van der Waals surface area contributed by atoms with Crippen LogP contribution in [-0.2, 0) is 16.0 Å². The number of hydrogen-bond donors (Lipinski definition) is 0. The molecule has 5 nitrogen and oxygen atoms in total. The lowest BCUT2D eigenvalue weighted by molar-refractivity contribution is -0.134. The number of halogens is 1. The van der Waals surface area contributed by atoms with E-state index in [1.54, 1.807) is 47.6 Å². The number of carbonyl (C=O) groups excluding carboxylic acids is 2. The summed E-state index contributed by atoms with van der Waals surface area (Å²) in [7, 11) is 1.63. The van der Waals surface area contributed by atoms with Crippen molar-refractivity contribution in [3.63, 3.8) is 0 Å². The molecule has 7 heteroatoms. The minimum Gasteiger partial charge on any atom is -0.385 e. The fourth-order valence-electron chi connectivity index (χ4n) is 4.50. The van der Waals surface area contributed by atoms with E-state index in [0.717, 1.165) is 17.5 Å². The minimum atomic E-state index is -0.179. The van der Waals surface area contributed by atoms with Gasteiger partial charge in [-0.05, 0) is 72.2 Å². The zero-order valence-electron chi connectivity index (χ0n) is 19.5. The molecule has 0 saturated carbocycles. The average molecular weight is 497 g/mol. The molecule has 4 rings (SSSR count). The molecule has 3 aromatic rings. The number of fused-ring (bicyclic) bond motifs is 1. The van der Waals surface area contributed by atoms with E-state index in [1.165, 1.54) is 10.4 Å². The van der Waals surface area contributed by atoms with Crippen LogP contribution in [0.1, 0.15) is 44.4 Å². The van der Waals surface area contributed by atoms with E-state index in [0.29, 0.717) is 36.7 Å². The fraction of sp³-hybridized carbons (Fsp3) is 0.333. The summed E-state index contributed by atoms with van der Waals surface area (Å²) in [4.78, 5) is 31.9. The van der Waals surface area contributed by atoms with Crippen LogP contribution in [0.3, 0.4) is 0 Å².